The fourth-order valence-corrected chi connectivity index (χ4v) is 4.51. The number of carbonyl (C=O) groups excluding carboxylic acids is 2. The first kappa shape index (κ1) is 21.7. The summed E-state index contributed by atoms with van der Waals surface area (Å²) in [4.78, 5) is 32.1. The first-order valence-electron chi connectivity index (χ1n) is 11.3. The van der Waals surface area contributed by atoms with Crippen molar-refractivity contribution in [3.8, 4) is 11.5 Å². The number of ether oxygens (including phenoxy) is 2. The van der Waals surface area contributed by atoms with Gasteiger partial charge in [-0.25, -0.2) is 0 Å². The highest BCUT2D eigenvalue weighted by atomic mass is 16.5. The Kier molecular flexibility index (Phi) is 5.76. The second-order valence-electron chi connectivity index (χ2n) is 8.15. The quantitative estimate of drug-likeness (QED) is 0.347. The van der Waals surface area contributed by atoms with Crippen molar-refractivity contribution >= 4 is 23.1 Å². The van der Waals surface area contributed by atoms with Crippen LogP contribution in [0, 0.1) is 0 Å². The largest absolute Gasteiger partial charge is 0.507 e. The Bertz CT molecular complexity index is 1290. The predicted molar refractivity (Wildman–Crippen MR) is 127 cm³/mol. The van der Waals surface area contributed by atoms with Gasteiger partial charge in [-0.15, -0.1) is 0 Å². The topological polar surface area (TPSA) is 89.0 Å². The third-order valence-electron chi connectivity index (χ3n) is 6.06. The highest BCUT2D eigenvalue weighted by Gasteiger charge is 2.47. The van der Waals surface area contributed by atoms with Crippen molar-refractivity contribution in [3.63, 3.8) is 0 Å². The Morgan fingerprint density at radius 1 is 1.15 bits per heavy atom. The lowest BCUT2D eigenvalue weighted by molar-refractivity contribution is -0.132. The molecule has 2 aromatic carbocycles. The van der Waals surface area contributed by atoms with Crippen molar-refractivity contribution in [1.29, 1.82) is 0 Å². The van der Waals surface area contributed by atoms with Crippen LogP contribution >= 0.6 is 0 Å². The molecule has 1 aromatic heterocycles. The highest BCUT2D eigenvalue weighted by molar-refractivity contribution is 6.51. The number of ketones is 1. The molecule has 0 aliphatic carbocycles. The number of nitrogens with zero attached hydrogens (tertiary/aromatic N) is 2. The maximum atomic E-state index is 13.3. The summed E-state index contributed by atoms with van der Waals surface area (Å²) < 4.78 is 11.3. The summed E-state index contributed by atoms with van der Waals surface area (Å²) in [7, 11) is 0. The molecule has 34 heavy (non-hydrogen) atoms. The minimum absolute atomic E-state index is 0.0368. The van der Waals surface area contributed by atoms with Crippen molar-refractivity contribution in [3.05, 3.63) is 89.3 Å². The molecule has 0 spiro atoms. The Morgan fingerprint density at radius 2 is 1.97 bits per heavy atom. The summed E-state index contributed by atoms with van der Waals surface area (Å²) in [6.45, 7) is 3.00. The number of Topliss-reactive ketones (excluding diaryl/α,β-unsaturated/α-hetero) is 1. The normalized spacial score (nSPS) is 19.0. The first-order valence-corrected chi connectivity index (χ1v) is 11.3. The summed E-state index contributed by atoms with van der Waals surface area (Å²) in [6.07, 6.45) is 4.90. The lowest BCUT2D eigenvalue weighted by Gasteiger charge is -2.25. The van der Waals surface area contributed by atoms with E-state index in [0.717, 1.165) is 24.2 Å². The predicted octanol–water partition coefficient (Wildman–Crippen LogP) is 4.43. The maximum absolute atomic E-state index is 13.3. The zero-order valence-electron chi connectivity index (χ0n) is 18.7. The highest BCUT2D eigenvalue weighted by Crippen LogP contribution is 2.43. The fourth-order valence-electron chi connectivity index (χ4n) is 4.51. The summed E-state index contributed by atoms with van der Waals surface area (Å²) in [5.74, 6) is -0.294. The molecule has 1 unspecified atom stereocenters. The molecule has 1 atom stereocenters. The number of hydrogen-bond acceptors (Lipinski definition) is 6. The third kappa shape index (κ3) is 3.79. The van der Waals surface area contributed by atoms with Gasteiger partial charge in [0.15, 0.2) is 0 Å². The van der Waals surface area contributed by atoms with E-state index in [1.807, 2.05) is 13.0 Å². The number of fused-ring (bicyclic) bond motifs is 1. The van der Waals surface area contributed by atoms with Gasteiger partial charge in [0.2, 0.25) is 0 Å². The number of aliphatic hydroxyl groups is 1. The molecule has 7 nitrogen and oxygen atoms in total. The smallest absolute Gasteiger partial charge is 0.300 e. The van der Waals surface area contributed by atoms with E-state index in [1.54, 1.807) is 60.9 Å². The van der Waals surface area contributed by atoms with E-state index >= 15 is 0 Å². The fraction of sp³-hybridized carbons (Fsp3) is 0.222. The number of carbonyl (C=O) groups is 2. The van der Waals surface area contributed by atoms with Crippen LogP contribution in [0.5, 0.6) is 11.5 Å². The van der Waals surface area contributed by atoms with E-state index in [0.29, 0.717) is 35.8 Å². The van der Waals surface area contributed by atoms with Crippen LogP contribution in [0.15, 0.2) is 72.6 Å². The van der Waals surface area contributed by atoms with Crippen LogP contribution in [0.25, 0.3) is 5.76 Å². The Morgan fingerprint density at radius 3 is 2.76 bits per heavy atom. The van der Waals surface area contributed by atoms with E-state index in [-0.39, 0.29) is 11.3 Å². The molecule has 2 aliphatic heterocycles. The van der Waals surface area contributed by atoms with Gasteiger partial charge in [-0.2, -0.15) is 0 Å². The number of aliphatic hydroxyl groups excluding tert-OH is 1. The summed E-state index contributed by atoms with van der Waals surface area (Å²) in [5.41, 5.74) is 2.65. The van der Waals surface area contributed by atoms with E-state index < -0.39 is 17.7 Å². The number of aromatic nitrogens is 1. The zero-order valence-corrected chi connectivity index (χ0v) is 18.7. The van der Waals surface area contributed by atoms with Crippen molar-refractivity contribution in [1.82, 2.24) is 4.98 Å². The molecule has 3 heterocycles. The minimum atomic E-state index is -0.813. The van der Waals surface area contributed by atoms with Crippen LogP contribution in [0.4, 0.5) is 5.69 Å². The van der Waals surface area contributed by atoms with Gasteiger partial charge in [0.1, 0.15) is 17.3 Å². The van der Waals surface area contributed by atoms with Crippen LogP contribution in [0.2, 0.25) is 0 Å². The van der Waals surface area contributed by atoms with Crippen molar-refractivity contribution in [2.75, 3.05) is 18.1 Å². The number of anilines is 1. The van der Waals surface area contributed by atoms with E-state index in [1.165, 1.54) is 4.90 Å². The zero-order chi connectivity index (χ0) is 23.7. The van der Waals surface area contributed by atoms with Gasteiger partial charge in [0.05, 0.1) is 24.8 Å². The van der Waals surface area contributed by atoms with Crippen LogP contribution < -0.4 is 14.4 Å². The molecular formula is C27H24N2O5. The van der Waals surface area contributed by atoms with Crippen molar-refractivity contribution < 1.29 is 24.2 Å². The van der Waals surface area contributed by atoms with E-state index in [9.17, 15) is 14.7 Å². The summed E-state index contributed by atoms with van der Waals surface area (Å²) in [5, 5.41) is 11.3. The Hall–Kier alpha value is -4.13. The second-order valence-corrected chi connectivity index (χ2v) is 8.15. The molecule has 7 heteroatoms. The molecule has 172 valence electrons. The van der Waals surface area contributed by atoms with Gasteiger partial charge in [-0.3, -0.25) is 19.5 Å². The van der Waals surface area contributed by atoms with Gasteiger partial charge < -0.3 is 14.6 Å². The third-order valence-corrected chi connectivity index (χ3v) is 6.06. The molecule has 1 N–H and O–H groups in total. The number of amides is 1. The average molecular weight is 456 g/mol. The van der Waals surface area contributed by atoms with Crippen molar-refractivity contribution in [2.24, 2.45) is 0 Å². The van der Waals surface area contributed by atoms with E-state index in [2.05, 4.69) is 4.98 Å². The molecule has 1 amide bonds. The van der Waals surface area contributed by atoms with Gasteiger partial charge in [-0.1, -0.05) is 6.07 Å². The number of pyridine rings is 1. The summed E-state index contributed by atoms with van der Waals surface area (Å²) >= 11 is 0. The molecule has 2 aliphatic rings. The van der Waals surface area contributed by atoms with Gasteiger partial charge in [0, 0.05) is 29.7 Å². The monoisotopic (exact) mass is 456 g/mol. The lowest BCUT2D eigenvalue weighted by Crippen LogP contribution is -2.29. The molecule has 0 radical (unpaired) electrons. The second kappa shape index (κ2) is 9.02. The van der Waals surface area contributed by atoms with Crippen molar-refractivity contribution in [2.45, 2.75) is 25.8 Å². The molecule has 1 fully saturated rings. The van der Waals surface area contributed by atoms with Gasteiger partial charge in [0.25, 0.3) is 11.7 Å². The Labute approximate surface area is 197 Å². The maximum Gasteiger partial charge on any atom is 0.300 e. The minimum Gasteiger partial charge on any atom is -0.507 e. The van der Waals surface area contributed by atoms with Crippen LogP contribution in [-0.4, -0.2) is 35.0 Å². The summed E-state index contributed by atoms with van der Waals surface area (Å²) in [6, 6.07) is 15.0. The molecular weight excluding hydrogens is 432 g/mol. The van der Waals surface area contributed by atoms with Gasteiger partial charge >= 0.3 is 0 Å². The van der Waals surface area contributed by atoms with Gasteiger partial charge in [-0.05, 0) is 73.4 Å². The number of aryl methyl sites for hydroxylation is 1. The molecule has 0 bridgehead atoms. The molecule has 3 aromatic rings. The van der Waals surface area contributed by atoms with Crippen LogP contribution in [0.3, 0.4) is 0 Å². The number of rotatable bonds is 5. The standard InChI is InChI=1S/C27H24N2O5/c1-2-33-21-7-3-6-20(16-21)29-24(17-10-12-28-13-11-17)23(26(31)27(29)32)25(30)19-8-9-22-18(15-19)5-4-14-34-22/h3,6-13,15-16,24,30H,2,4-5,14H2,1H3/b25-23-. The molecule has 5 rings (SSSR count). The van der Waals surface area contributed by atoms with Crippen LogP contribution in [0.1, 0.15) is 36.1 Å². The molecule has 0 saturated carbocycles. The SMILES string of the molecule is CCOc1cccc(N2C(=O)C(=O)/C(=C(\O)c3ccc4c(c3)CCCO4)C2c2ccncc2)c1. The lowest BCUT2D eigenvalue weighted by atomic mass is 9.94. The molecule has 1 saturated heterocycles. The Balaban J connectivity index is 1.66. The average Bonchev–Trinajstić information content (AvgIpc) is 3.14. The number of hydrogen-bond donors (Lipinski definition) is 1. The number of benzene rings is 2. The van der Waals surface area contributed by atoms with E-state index in [4.69, 9.17) is 9.47 Å². The van der Waals surface area contributed by atoms with Crippen LogP contribution in [-0.2, 0) is 16.0 Å². The first-order chi connectivity index (χ1) is 16.6.